The first kappa shape index (κ1) is 8.55. The molecule has 1 saturated heterocycles. The molecule has 1 heteroatoms. The minimum atomic E-state index is 1.03. The van der Waals surface area contributed by atoms with Crippen LogP contribution >= 0.6 is 0 Å². The van der Waals surface area contributed by atoms with E-state index in [0.717, 1.165) is 17.8 Å². The van der Waals surface area contributed by atoms with Gasteiger partial charge in [0.05, 0.1) is 0 Å². The van der Waals surface area contributed by atoms with Gasteiger partial charge in [0.2, 0.25) is 0 Å². The van der Waals surface area contributed by atoms with Crippen LogP contribution in [0.25, 0.3) is 0 Å². The molecule has 1 saturated carbocycles. The van der Waals surface area contributed by atoms with E-state index in [1.54, 1.807) is 0 Å². The minimum absolute atomic E-state index is 1.03. The van der Waals surface area contributed by atoms with Gasteiger partial charge in [0.1, 0.15) is 0 Å². The van der Waals surface area contributed by atoms with Crippen LogP contribution in [0.4, 0.5) is 0 Å². The van der Waals surface area contributed by atoms with Gasteiger partial charge in [-0.05, 0) is 56.5 Å². The third kappa shape index (κ3) is 2.01. The second-order valence-electron chi connectivity index (χ2n) is 4.61. The minimum Gasteiger partial charge on any atom is -0.316 e. The lowest BCUT2D eigenvalue weighted by molar-refractivity contribution is 0.282. The third-order valence-corrected chi connectivity index (χ3v) is 3.62. The van der Waals surface area contributed by atoms with Crippen molar-refractivity contribution in [3.63, 3.8) is 0 Å². The average Bonchev–Trinajstić information content (AvgIpc) is 2.77. The van der Waals surface area contributed by atoms with Gasteiger partial charge in [-0.1, -0.05) is 13.3 Å². The summed E-state index contributed by atoms with van der Waals surface area (Å²) in [6.07, 6.45) is 7.48. The fourth-order valence-electron chi connectivity index (χ4n) is 2.34. The quantitative estimate of drug-likeness (QED) is 0.663. The molecule has 2 aliphatic rings. The Bertz CT molecular complexity index is 136. The molecule has 2 fully saturated rings. The van der Waals surface area contributed by atoms with Crippen LogP contribution in [-0.2, 0) is 0 Å². The van der Waals surface area contributed by atoms with Crippen molar-refractivity contribution in [2.45, 2.75) is 39.0 Å². The highest BCUT2D eigenvalue weighted by Gasteiger charge is 2.30. The van der Waals surface area contributed by atoms with E-state index in [1.807, 2.05) is 0 Å². The lowest BCUT2D eigenvalue weighted by Gasteiger charge is -2.28. The van der Waals surface area contributed by atoms with Crippen molar-refractivity contribution in [2.75, 3.05) is 13.1 Å². The maximum Gasteiger partial charge on any atom is -0.000825 e. The van der Waals surface area contributed by atoms with Gasteiger partial charge in [0.15, 0.2) is 0 Å². The summed E-state index contributed by atoms with van der Waals surface area (Å²) < 4.78 is 0. The number of hydrogen-bond acceptors (Lipinski definition) is 1. The summed E-state index contributed by atoms with van der Waals surface area (Å²) in [6, 6.07) is 0. The zero-order valence-electron chi connectivity index (χ0n) is 8.18. The van der Waals surface area contributed by atoms with Gasteiger partial charge in [-0.15, -0.1) is 0 Å². The molecule has 0 spiro atoms. The third-order valence-electron chi connectivity index (χ3n) is 3.62. The Hall–Kier alpha value is -0.0400. The van der Waals surface area contributed by atoms with Gasteiger partial charge >= 0.3 is 0 Å². The van der Waals surface area contributed by atoms with Crippen molar-refractivity contribution in [1.82, 2.24) is 5.32 Å². The van der Waals surface area contributed by atoms with Crippen molar-refractivity contribution < 1.29 is 0 Å². The van der Waals surface area contributed by atoms with Crippen molar-refractivity contribution in [2.24, 2.45) is 17.8 Å². The van der Waals surface area contributed by atoms with Crippen molar-refractivity contribution >= 4 is 0 Å². The molecule has 2 rings (SSSR count). The molecule has 1 atom stereocenters. The van der Waals surface area contributed by atoms with Crippen molar-refractivity contribution in [1.29, 1.82) is 0 Å². The Balaban J connectivity index is 1.62. The summed E-state index contributed by atoms with van der Waals surface area (Å²) in [5.41, 5.74) is 0. The van der Waals surface area contributed by atoms with E-state index in [2.05, 4.69) is 12.2 Å². The molecule has 1 N–H and O–H groups in total. The lowest BCUT2D eigenvalue weighted by atomic mass is 9.88. The summed E-state index contributed by atoms with van der Waals surface area (Å²) >= 11 is 0. The second-order valence-corrected chi connectivity index (χ2v) is 4.61. The second kappa shape index (κ2) is 3.78. The van der Waals surface area contributed by atoms with Crippen LogP contribution < -0.4 is 5.32 Å². The van der Waals surface area contributed by atoms with E-state index in [9.17, 15) is 0 Å². The fourth-order valence-corrected chi connectivity index (χ4v) is 2.34. The Kier molecular flexibility index (Phi) is 2.69. The van der Waals surface area contributed by atoms with E-state index < -0.39 is 0 Å². The molecule has 0 amide bonds. The van der Waals surface area contributed by atoms with Gasteiger partial charge in [-0.2, -0.15) is 0 Å². The summed E-state index contributed by atoms with van der Waals surface area (Å²) in [4.78, 5) is 0. The van der Waals surface area contributed by atoms with Crippen LogP contribution in [-0.4, -0.2) is 13.1 Å². The predicted molar refractivity (Wildman–Crippen MR) is 52.1 cm³/mol. The molecule has 12 heavy (non-hydrogen) atoms. The SMILES string of the molecule is CCC(CCC1CNC1)C1CC1. The standard InChI is InChI=1S/C11H21N/c1-2-10(11-5-6-11)4-3-9-7-12-8-9/h9-12H,2-8H2,1H3. The molecule has 0 aromatic carbocycles. The van der Waals surface area contributed by atoms with Crippen LogP contribution in [0.3, 0.4) is 0 Å². The smallest absolute Gasteiger partial charge is 0.000825 e. The van der Waals surface area contributed by atoms with E-state index in [4.69, 9.17) is 0 Å². The van der Waals surface area contributed by atoms with Gasteiger partial charge in [0, 0.05) is 0 Å². The Morgan fingerprint density at radius 1 is 1.33 bits per heavy atom. The highest BCUT2D eigenvalue weighted by Crippen LogP contribution is 2.41. The van der Waals surface area contributed by atoms with Crippen molar-refractivity contribution in [3.05, 3.63) is 0 Å². The Labute approximate surface area is 75.9 Å². The maximum absolute atomic E-state index is 3.35. The van der Waals surface area contributed by atoms with Crippen molar-refractivity contribution in [3.8, 4) is 0 Å². The maximum atomic E-state index is 3.35. The normalized spacial score (nSPS) is 26.8. The molecule has 0 aromatic rings. The van der Waals surface area contributed by atoms with E-state index >= 15 is 0 Å². The summed E-state index contributed by atoms with van der Waals surface area (Å²) in [6.45, 7) is 4.95. The molecule has 0 radical (unpaired) electrons. The monoisotopic (exact) mass is 167 g/mol. The summed E-state index contributed by atoms with van der Waals surface area (Å²) in [5.74, 6) is 3.23. The van der Waals surface area contributed by atoms with Gasteiger partial charge in [-0.25, -0.2) is 0 Å². The van der Waals surface area contributed by atoms with Gasteiger partial charge in [-0.3, -0.25) is 0 Å². The largest absolute Gasteiger partial charge is 0.316 e. The summed E-state index contributed by atoms with van der Waals surface area (Å²) in [5, 5.41) is 3.35. The molecule has 1 aliphatic carbocycles. The Morgan fingerprint density at radius 2 is 2.08 bits per heavy atom. The molecule has 1 aliphatic heterocycles. The number of nitrogens with one attached hydrogen (secondary N) is 1. The average molecular weight is 167 g/mol. The van der Waals surface area contributed by atoms with Crippen LogP contribution in [0, 0.1) is 17.8 Å². The fraction of sp³-hybridized carbons (Fsp3) is 1.00. The highest BCUT2D eigenvalue weighted by molar-refractivity contribution is 4.82. The van der Waals surface area contributed by atoms with E-state index in [-0.39, 0.29) is 0 Å². The molecule has 1 heterocycles. The molecule has 0 aromatic heterocycles. The molecular formula is C11H21N. The first-order chi connectivity index (χ1) is 5.90. The number of hydrogen-bond donors (Lipinski definition) is 1. The highest BCUT2D eigenvalue weighted by atomic mass is 14.9. The molecule has 0 bridgehead atoms. The van der Waals surface area contributed by atoms with Crippen LogP contribution in [0.5, 0.6) is 0 Å². The van der Waals surface area contributed by atoms with E-state index in [1.165, 1.54) is 45.2 Å². The zero-order chi connectivity index (χ0) is 8.39. The van der Waals surface area contributed by atoms with Crippen LogP contribution in [0.15, 0.2) is 0 Å². The first-order valence-electron chi connectivity index (χ1n) is 5.61. The predicted octanol–water partition coefficient (Wildman–Crippen LogP) is 2.42. The topological polar surface area (TPSA) is 12.0 Å². The Morgan fingerprint density at radius 3 is 2.50 bits per heavy atom. The molecule has 1 nitrogen and oxygen atoms in total. The molecular weight excluding hydrogens is 146 g/mol. The van der Waals surface area contributed by atoms with Crippen LogP contribution in [0.1, 0.15) is 39.0 Å². The first-order valence-corrected chi connectivity index (χ1v) is 5.61. The lowest BCUT2D eigenvalue weighted by Crippen LogP contribution is -2.42. The van der Waals surface area contributed by atoms with E-state index in [0.29, 0.717) is 0 Å². The van der Waals surface area contributed by atoms with Gasteiger partial charge in [0.25, 0.3) is 0 Å². The molecule has 1 unspecified atom stereocenters. The molecule has 70 valence electrons. The number of rotatable bonds is 5. The zero-order valence-corrected chi connectivity index (χ0v) is 8.18. The summed E-state index contributed by atoms with van der Waals surface area (Å²) in [7, 11) is 0. The van der Waals surface area contributed by atoms with Crippen LogP contribution in [0.2, 0.25) is 0 Å². The van der Waals surface area contributed by atoms with Gasteiger partial charge < -0.3 is 5.32 Å².